The van der Waals surface area contributed by atoms with Crippen LogP contribution in [0.1, 0.15) is 12.1 Å². The van der Waals surface area contributed by atoms with Crippen molar-refractivity contribution in [3.05, 3.63) is 30.1 Å². The van der Waals surface area contributed by atoms with E-state index in [9.17, 15) is 0 Å². The zero-order valence-corrected chi connectivity index (χ0v) is 8.84. The van der Waals surface area contributed by atoms with Crippen molar-refractivity contribution in [3.8, 4) is 0 Å². The van der Waals surface area contributed by atoms with Gasteiger partial charge in [-0.3, -0.25) is 9.88 Å². The molecule has 84 valence electrons. The molecule has 2 N–H and O–H groups in total. The molecule has 0 radical (unpaired) electrons. The predicted octanol–water partition coefficient (Wildman–Crippen LogP) is 0.258. The van der Waals surface area contributed by atoms with E-state index < -0.39 is 0 Å². The molecule has 0 bridgehead atoms. The second-order valence-corrected chi connectivity index (χ2v) is 3.40. The highest BCUT2D eigenvalue weighted by atomic mass is 16.3. The molecule has 0 saturated carbocycles. The van der Waals surface area contributed by atoms with Crippen molar-refractivity contribution in [1.82, 2.24) is 9.88 Å². The summed E-state index contributed by atoms with van der Waals surface area (Å²) in [5, 5.41) is 17.6. The van der Waals surface area contributed by atoms with E-state index in [0.29, 0.717) is 6.54 Å². The van der Waals surface area contributed by atoms with Gasteiger partial charge in [-0.25, -0.2) is 0 Å². The van der Waals surface area contributed by atoms with E-state index in [1.165, 1.54) is 0 Å². The minimum Gasteiger partial charge on any atom is -0.396 e. The van der Waals surface area contributed by atoms with Gasteiger partial charge < -0.3 is 10.2 Å². The maximum atomic E-state index is 8.89. The van der Waals surface area contributed by atoms with Crippen molar-refractivity contribution in [2.75, 3.05) is 26.3 Å². The summed E-state index contributed by atoms with van der Waals surface area (Å²) in [7, 11) is 0. The van der Waals surface area contributed by atoms with E-state index in [1.807, 2.05) is 18.2 Å². The molecule has 0 amide bonds. The van der Waals surface area contributed by atoms with Crippen molar-refractivity contribution < 1.29 is 10.2 Å². The van der Waals surface area contributed by atoms with Crippen LogP contribution in [0.2, 0.25) is 0 Å². The van der Waals surface area contributed by atoms with Crippen LogP contribution in [0, 0.1) is 0 Å². The molecule has 0 aromatic carbocycles. The van der Waals surface area contributed by atoms with Gasteiger partial charge >= 0.3 is 0 Å². The lowest BCUT2D eigenvalue weighted by Gasteiger charge is -2.20. The summed E-state index contributed by atoms with van der Waals surface area (Å²) in [6.45, 7) is 2.45. The molecule has 0 aliphatic rings. The Morgan fingerprint density at radius 2 is 2.00 bits per heavy atom. The number of aliphatic hydroxyl groups excluding tert-OH is 2. The monoisotopic (exact) mass is 210 g/mol. The molecule has 0 unspecified atom stereocenters. The Morgan fingerprint density at radius 1 is 1.13 bits per heavy atom. The van der Waals surface area contributed by atoms with Crippen LogP contribution in [-0.4, -0.2) is 46.4 Å². The fraction of sp³-hybridized carbons (Fsp3) is 0.545. The molecule has 0 aliphatic heterocycles. The SMILES string of the molecule is OCCCN(CCO)Cc1ccccn1. The fourth-order valence-electron chi connectivity index (χ4n) is 1.43. The van der Waals surface area contributed by atoms with Crippen LogP contribution >= 0.6 is 0 Å². The lowest BCUT2D eigenvalue weighted by Crippen LogP contribution is -2.28. The zero-order valence-electron chi connectivity index (χ0n) is 8.84. The second-order valence-electron chi connectivity index (χ2n) is 3.40. The Hall–Kier alpha value is -0.970. The molecular formula is C11H18N2O2. The molecule has 0 spiro atoms. The zero-order chi connectivity index (χ0) is 10.9. The average molecular weight is 210 g/mol. The largest absolute Gasteiger partial charge is 0.396 e. The molecule has 0 fully saturated rings. The molecule has 15 heavy (non-hydrogen) atoms. The molecule has 1 heterocycles. The third-order valence-electron chi connectivity index (χ3n) is 2.16. The standard InChI is InChI=1S/C11H18N2O2/c14-8-3-6-13(7-9-15)10-11-4-1-2-5-12-11/h1-2,4-5,14-15H,3,6-10H2. The molecule has 0 aliphatic carbocycles. The minimum atomic E-state index is 0.137. The average Bonchev–Trinajstić information content (AvgIpc) is 2.28. The highest BCUT2D eigenvalue weighted by molar-refractivity contribution is 5.03. The topological polar surface area (TPSA) is 56.6 Å². The molecule has 1 aromatic heterocycles. The van der Waals surface area contributed by atoms with Crippen LogP contribution in [-0.2, 0) is 6.54 Å². The summed E-state index contributed by atoms with van der Waals surface area (Å²) < 4.78 is 0. The molecule has 0 saturated heterocycles. The van der Waals surface area contributed by atoms with Gasteiger partial charge in [0, 0.05) is 32.4 Å². The van der Waals surface area contributed by atoms with Crippen LogP contribution in [0.5, 0.6) is 0 Å². The number of rotatable bonds is 7. The molecule has 1 rings (SSSR count). The predicted molar refractivity (Wildman–Crippen MR) is 58.3 cm³/mol. The van der Waals surface area contributed by atoms with Gasteiger partial charge in [0.25, 0.3) is 0 Å². The third-order valence-corrected chi connectivity index (χ3v) is 2.16. The summed E-state index contributed by atoms with van der Waals surface area (Å²) in [5.41, 5.74) is 0.990. The van der Waals surface area contributed by atoms with Gasteiger partial charge in [-0.15, -0.1) is 0 Å². The number of aromatic nitrogens is 1. The first-order valence-electron chi connectivity index (χ1n) is 5.21. The van der Waals surface area contributed by atoms with Gasteiger partial charge in [0.15, 0.2) is 0 Å². The molecule has 4 heteroatoms. The molecule has 1 aromatic rings. The normalized spacial score (nSPS) is 10.9. The highest BCUT2D eigenvalue weighted by Crippen LogP contribution is 2.01. The summed E-state index contributed by atoms with van der Waals surface area (Å²) >= 11 is 0. The van der Waals surface area contributed by atoms with Gasteiger partial charge in [0.05, 0.1) is 12.3 Å². The van der Waals surface area contributed by atoms with Gasteiger partial charge in [-0.1, -0.05) is 6.07 Å². The van der Waals surface area contributed by atoms with E-state index in [-0.39, 0.29) is 13.2 Å². The first kappa shape index (κ1) is 12.1. The van der Waals surface area contributed by atoms with Crippen molar-refractivity contribution in [2.24, 2.45) is 0 Å². The van der Waals surface area contributed by atoms with Crippen molar-refractivity contribution in [2.45, 2.75) is 13.0 Å². The lowest BCUT2D eigenvalue weighted by atomic mass is 10.3. The third kappa shape index (κ3) is 4.88. The summed E-state index contributed by atoms with van der Waals surface area (Å²) in [4.78, 5) is 6.30. The smallest absolute Gasteiger partial charge is 0.0558 e. The quantitative estimate of drug-likeness (QED) is 0.677. The number of nitrogens with zero attached hydrogens (tertiary/aromatic N) is 2. The van der Waals surface area contributed by atoms with E-state index in [4.69, 9.17) is 10.2 Å². The van der Waals surface area contributed by atoms with Gasteiger partial charge in [-0.2, -0.15) is 0 Å². The summed E-state index contributed by atoms with van der Waals surface area (Å²) in [6.07, 6.45) is 2.49. The van der Waals surface area contributed by atoms with E-state index >= 15 is 0 Å². The lowest BCUT2D eigenvalue weighted by molar-refractivity contribution is 0.173. The minimum absolute atomic E-state index is 0.137. The summed E-state index contributed by atoms with van der Waals surface area (Å²) in [6, 6.07) is 5.79. The molecule has 0 atom stereocenters. The Balaban J connectivity index is 2.43. The van der Waals surface area contributed by atoms with Crippen LogP contribution in [0.25, 0.3) is 0 Å². The van der Waals surface area contributed by atoms with Crippen molar-refractivity contribution in [1.29, 1.82) is 0 Å². The Morgan fingerprint density at radius 3 is 2.60 bits per heavy atom. The summed E-state index contributed by atoms with van der Waals surface area (Å²) in [5.74, 6) is 0. The maximum Gasteiger partial charge on any atom is 0.0558 e. The Labute approximate surface area is 90.2 Å². The van der Waals surface area contributed by atoms with Gasteiger partial charge in [0.1, 0.15) is 0 Å². The molecular weight excluding hydrogens is 192 g/mol. The maximum absolute atomic E-state index is 8.89. The number of hydrogen-bond acceptors (Lipinski definition) is 4. The van der Waals surface area contributed by atoms with Crippen LogP contribution in [0.4, 0.5) is 0 Å². The van der Waals surface area contributed by atoms with Crippen LogP contribution in [0.15, 0.2) is 24.4 Å². The molecule has 4 nitrogen and oxygen atoms in total. The Bertz CT molecular complexity index is 254. The van der Waals surface area contributed by atoms with Gasteiger partial charge in [-0.05, 0) is 18.6 Å². The van der Waals surface area contributed by atoms with Crippen molar-refractivity contribution >= 4 is 0 Å². The number of pyridine rings is 1. The second kappa shape index (κ2) is 7.34. The van der Waals surface area contributed by atoms with E-state index in [2.05, 4.69) is 9.88 Å². The number of hydrogen-bond donors (Lipinski definition) is 2. The van der Waals surface area contributed by atoms with Crippen molar-refractivity contribution in [3.63, 3.8) is 0 Å². The highest BCUT2D eigenvalue weighted by Gasteiger charge is 2.05. The van der Waals surface area contributed by atoms with E-state index in [0.717, 1.165) is 25.2 Å². The van der Waals surface area contributed by atoms with Crippen LogP contribution < -0.4 is 0 Å². The number of aliphatic hydroxyl groups is 2. The van der Waals surface area contributed by atoms with Crippen LogP contribution in [0.3, 0.4) is 0 Å². The fourth-order valence-corrected chi connectivity index (χ4v) is 1.43. The Kier molecular flexibility index (Phi) is 5.92. The first-order valence-corrected chi connectivity index (χ1v) is 5.21. The first-order chi connectivity index (χ1) is 7.36. The van der Waals surface area contributed by atoms with E-state index in [1.54, 1.807) is 6.20 Å². The van der Waals surface area contributed by atoms with Gasteiger partial charge in [0.2, 0.25) is 0 Å².